The third-order valence-corrected chi connectivity index (χ3v) is 4.12. The highest BCUT2D eigenvalue weighted by molar-refractivity contribution is 6.09. The molecule has 0 aliphatic heterocycles. The second kappa shape index (κ2) is 10.9. The van der Waals surface area contributed by atoms with Crippen molar-refractivity contribution in [2.75, 3.05) is 17.2 Å². The average molecular weight is 381 g/mol. The van der Waals surface area contributed by atoms with E-state index >= 15 is 0 Å². The van der Waals surface area contributed by atoms with Gasteiger partial charge < -0.3 is 16.0 Å². The SMILES string of the molecule is CCCCNC(=O)c1ccccc1NC(=O)c1cccc(NC(=O)CCC)c1. The van der Waals surface area contributed by atoms with Crippen LogP contribution in [0.15, 0.2) is 48.5 Å². The predicted octanol–water partition coefficient (Wildman–Crippen LogP) is 4.21. The Hall–Kier alpha value is -3.15. The zero-order chi connectivity index (χ0) is 20.4. The lowest BCUT2D eigenvalue weighted by atomic mass is 10.1. The number of benzene rings is 2. The smallest absolute Gasteiger partial charge is 0.255 e. The molecular formula is C22H27N3O3. The Morgan fingerprint density at radius 1 is 0.857 bits per heavy atom. The number of rotatable bonds is 9. The van der Waals surface area contributed by atoms with Crippen molar-refractivity contribution in [1.82, 2.24) is 5.32 Å². The molecule has 3 amide bonds. The van der Waals surface area contributed by atoms with E-state index in [9.17, 15) is 14.4 Å². The summed E-state index contributed by atoms with van der Waals surface area (Å²) in [5, 5.41) is 8.43. The fourth-order valence-electron chi connectivity index (χ4n) is 2.65. The zero-order valence-electron chi connectivity index (χ0n) is 16.4. The van der Waals surface area contributed by atoms with Gasteiger partial charge >= 0.3 is 0 Å². The number of anilines is 2. The van der Waals surface area contributed by atoms with Crippen LogP contribution in [0.5, 0.6) is 0 Å². The molecule has 0 fully saturated rings. The van der Waals surface area contributed by atoms with Crippen LogP contribution in [0, 0.1) is 0 Å². The Morgan fingerprint density at radius 2 is 1.64 bits per heavy atom. The summed E-state index contributed by atoms with van der Waals surface area (Å²) in [7, 11) is 0. The minimum atomic E-state index is -0.347. The van der Waals surface area contributed by atoms with E-state index in [0.717, 1.165) is 19.3 Å². The standard InChI is InChI=1S/C22H27N3O3/c1-3-5-14-23-22(28)18-12-6-7-13-19(18)25-21(27)16-10-8-11-17(15-16)24-20(26)9-4-2/h6-8,10-13,15H,3-5,9,14H2,1-2H3,(H,23,28)(H,24,26)(H,25,27). The first-order chi connectivity index (χ1) is 13.5. The number of para-hydroxylation sites is 1. The molecule has 0 bridgehead atoms. The molecule has 0 saturated carbocycles. The summed E-state index contributed by atoms with van der Waals surface area (Å²) in [6, 6.07) is 13.6. The van der Waals surface area contributed by atoms with Crippen LogP contribution >= 0.6 is 0 Å². The quantitative estimate of drug-likeness (QED) is 0.569. The van der Waals surface area contributed by atoms with Crippen LogP contribution in [-0.4, -0.2) is 24.3 Å². The first-order valence-corrected chi connectivity index (χ1v) is 9.63. The monoisotopic (exact) mass is 381 g/mol. The molecule has 6 heteroatoms. The number of carbonyl (C=O) groups excluding carboxylic acids is 3. The van der Waals surface area contributed by atoms with E-state index in [2.05, 4.69) is 22.9 Å². The van der Waals surface area contributed by atoms with E-state index < -0.39 is 0 Å². The second-order valence-corrected chi connectivity index (χ2v) is 6.49. The van der Waals surface area contributed by atoms with Gasteiger partial charge in [-0.15, -0.1) is 0 Å². The van der Waals surface area contributed by atoms with Gasteiger partial charge in [-0.25, -0.2) is 0 Å². The molecule has 0 aromatic heterocycles. The van der Waals surface area contributed by atoms with Crippen LogP contribution in [0.25, 0.3) is 0 Å². The Kier molecular flexibility index (Phi) is 8.21. The fraction of sp³-hybridized carbons (Fsp3) is 0.318. The van der Waals surface area contributed by atoms with Crippen molar-refractivity contribution in [2.24, 2.45) is 0 Å². The maximum atomic E-state index is 12.7. The van der Waals surface area contributed by atoms with Crippen molar-refractivity contribution in [3.8, 4) is 0 Å². The van der Waals surface area contributed by atoms with Crippen molar-refractivity contribution >= 4 is 29.1 Å². The minimum absolute atomic E-state index is 0.0887. The third kappa shape index (κ3) is 6.23. The molecular weight excluding hydrogens is 354 g/mol. The second-order valence-electron chi connectivity index (χ2n) is 6.49. The van der Waals surface area contributed by atoms with Gasteiger partial charge in [0.2, 0.25) is 5.91 Å². The maximum Gasteiger partial charge on any atom is 0.255 e. The summed E-state index contributed by atoms with van der Waals surface area (Å²) in [6.07, 6.45) is 3.07. The third-order valence-electron chi connectivity index (χ3n) is 4.12. The van der Waals surface area contributed by atoms with Gasteiger partial charge in [0.25, 0.3) is 11.8 Å². The molecule has 0 spiro atoms. The van der Waals surface area contributed by atoms with E-state index in [1.54, 1.807) is 48.5 Å². The largest absolute Gasteiger partial charge is 0.352 e. The van der Waals surface area contributed by atoms with Crippen LogP contribution in [-0.2, 0) is 4.79 Å². The summed E-state index contributed by atoms with van der Waals surface area (Å²) in [5.74, 6) is -0.653. The van der Waals surface area contributed by atoms with Crippen molar-refractivity contribution in [3.05, 3.63) is 59.7 Å². The molecule has 0 aliphatic rings. The molecule has 28 heavy (non-hydrogen) atoms. The number of nitrogens with one attached hydrogen (secondary N) is 3. The Morgan fingerprint density at radius 3 is 2.39 bits per heavy atom. The van der Waals surface area contributed by atoms with Gasteiger partial charge in [-0.2, -0.15) is 0 Å². The number of amides is 3. The lowest BCUT2D eigenvalue weighted by Crippen LogP contribution is -2.26. The molecule has 0 saturated heterocycles. The molecule has 0 heterocycles. The predicted molar refractivity (Wildman–Crippen MR) is 112 cm³/mol. The molecule has 3 N–H and O–H groups in total. The van der Waals surface area contributed by atoms with Crippen LogP contribution in [0.1, 0.15) is 60.2 Å². The van der Waals surface area contributed by atoms with Gasteiger partial charge in [0.05, 0.1) is 11.3 Å². The molecule has 0 atom stereocenters. The van der Waals surface area contributed by atoms with E-state index in [-0.39, 0.29) is 17.7 Å². The van der Waals surface area contributed by atoms with Crippen molar-refractivity contribution in [1.29, 1.82) is 0 Å². The van der Waals surface area contributed by atoms with Crippen molar-refractivity contribution in [3.63, 3.8) is 0 Å². The van der Waals surface area contributed by atoms with Gasteiger partial charge in [-0.05, 0) is 43.2 Å². The summed E-state index contributed by atoms with van der Waals surface area (Å²) in [5.41, 5.74) is 1.83. The lowest BCUT2D eigenvalue weighted by Gasteiger charge is -2.12. The van der Waals surface area contributed by atoms with E-state index in [4.69, 9.17) is 0 Å². The van der Waals surface area contributed by atoms with Crippen LogP contribution in [0.4, 0.5) is 11.4 Å². The molecule has 0 aliphatic carbocycles. The first-order valence-electron chi connectivity index (χ1n) is 9.63. The van der Waals surface area contributed by atoms with E-state index in [1.807, 2.05) is 6.92 Å². The molecule has 6 nitrogen and oxygen atoms in total. The van der Waals surface area contributed by atoms with Crippen LogP contribution < -0.4 is 16.0 Å². The van der Waals surface area contributed by atoms with Crippen molar-refractivity contribution in [2.45, 2.75) is 39.5 Å². The van der Waals surface area contributed by atoms with Gasteiger partial charge in [-0.1, -0.05) is 38.5 Å². The Labute approximate surface area is 165 Å². The summed E-state index contributed by atoms with van der Waals surface area (Å²) in [6.45, 7) is 4.58. The van der Waals surface area contributed by atoms with Gasteiger partial charge in [-0.3, -0.25) is 14.4 Å². The summed E-state index contributed by atoms with van der Waals surface area (Å²) < 4.78 is 0. The topological polar surface area (TPSA) is 87.3 Å². The molecule has 0 unspecified atom stereocenters. The Balaban J connectivity index is 2.11. The van der Waals surface area contributed by atoms with Gasteiger partial charge in [0.1, 0.15) is 0 Å². The van der Waals surface area contributed by atoms with Gasteiger partial charge in [0, 0.05) is 24.2 Å². The molecule has 2 aromatic rings. The summed E-state index contributed by atoms with van der Waals surface area (Å²) in [4.78, 5) is 36.8. The number of carbonyl (C=O) groups is 3. The van der Waals surface area contributed by atoms with Crippen LogP contribution in [0.2, 0.25) is 0 Å². The normalized spacial score (nSPS) is 10.2. The fourth-order valence-corrected chi connectivity index (χ4v) is 2.65. The van der Waals surface area contributed by atoms with E-state index in [0.29, 0.717) is 35.5 Å². The highest BCUT2D eigenvalue weighted by atomic mass is 16.2. The Bertz CT molecular complexity index is 833. The molecule has 0 radical (unpaired) electrons. The van der Waals surface area contributed by atoms with Gasteiger partial charge in [0.15, 0.2) is 0 Å². The lowest BCUT2D eigenvalue weighted by molar-refractivity contribution is -0.116. The molecule has 2 aromatic carbocycles. The maximum absolute atomic E-state index is 12.7. The number of hydrogen-bond donors (Lipinski definition) is 3. The average Bonchev–Trinajstić information content (AvgIpc) is 2.69. The van der Waals surface area contributed by atoms with E-state index in [1.165, 1.54) is 0 Å². The van der Waals surface area contributed by atoms with Crippen LogP contribution in [0.3, 0.4) is 0 Å². The zero-order valence-corrected chi connectivity index (χ0v) is 16.4. The highest BCUT2D eigenvalue weighted by Gasteiger charge is 2.14. The number of hydrogen-bond acceptors (Lipinski definition) is 3. The number of unbranched alkanes of at least 4 members (excludes halogenated alkanes) is 1. The summed E-state index contributed by atoms with van der Waals surface area (Å²) >= 11 is 0. The molecule has 2 rings (SSSR count). The van der Waals surface area contributed by atoms with Crippen molar-refractivity contribution < 1.29 is 14.4 Å². The minimum Gasteiger partial charge on any atom is -0.352 e. The molecule has 148 valence electrons. The highest BCUT2D eigenvalue weighted by Crippen LogP contribution is 2.18. The first kappa shape index (κ1) is 21.2.